The highest BCUT2D eigenvalue weighted by atomic mass is 28.4. The highest BCUT2D eigenvalue weighted by molar-refractivity contribution is 6.74. The van der Waals surface area contributed by atoms with Crippen molar-refractivity contribution in [3.05, 3.63) is 120 Å². The van der Waals surface area contributed by atoms with E-state index in [2.05, 4.69) is 189 Å². The molecule has 6 heterocycles. The maximum atomic E-state index is 9.91. The number of H-pyrrole nitrogens is 1. The number of anilines is 2. The number of nitrogens with one attached hydrogen (secondary N) is 3. The summed E-state index contributed by atoms with van der Waals surface area (Å²) >= 11 is 0. The van der Waals surface area contributed by atoms with Gasteiger partial charge in [-0.3, -0.25) is 9.78 Å². The van der Waals surface area contributed by atoms with Gasteiger partial charge in [0.05, 0.1) is 46.8 Å². The van der Waals surface area contributed by atoms with Crippen LogP contribution in [0.4, 0.5) is 11.4 Å². The lowest BCUT2D eigenvalue weighted by Crippen LogP contribution is -2.49. The molecule has 12 nitrogen and oxygen atoms in total. The first-order chi connectivity index (χ1) is 36.7. The quantitative estimate of drug-likeness (QED) is 0.0844. The van der Waals surface area contributed by atoms with Crippen molar-refractivity contribution < 1.29 is 19.1 Å². The van der Waals surface area contributed by atoms with Crippen LogP contribution < -0.4 is 20.4 Å². The molecule has 0 amide bonds. The molecule has 4 aromatic carbocycles. The molecule has 0 aliphatic carbocycles. The second kappa shape index (κ2) is 27.3. The molecule has 6 aromatic rings. The number of aryl methyl sites for hydroxylation is 1. The van der Waals surface area contributed by atoms with Gasteiger partial charge >= 0.3 is 0 Å². The zero-order chi connectivity index (χ0) is 55.2. The highest BCUT2D eigenvalue weighted by Gasteiger charge is 2.41. The first-order valence-corrected chi connectivity index (χ1v) is 34.5. The number of aromatic amines is 1. The lowest BCUT2D eigenvalue weighted by Gasteiger charge is -2.43. The third kappa shape index (κ3) is 17.3. The average molecular weight is 1080 g/mol. The predicted octanol–water partition coefficient (Wildman–Crippen LogP) is 12.9. The average Bonchev–Trinajstić information content (AvgIpc) is 3.97. The van der Waals surface area contributed by atoms with Crippen LogP contribution in [0.3, 0.4) is 0 Å². The van der Waals surface area contributed by atoms with Crippen molar-refractivity contribution in [2.75, 3.05) is 62.2 Å². The number of aliphatic hydroxyl groups is 2. The summed E-state index contributed by atoms with van der Waals surface area (Å²) in [5.41, 5.74) is 8.90. The summed E-state index contributed by atoms with van der Waals surface area (Å²) in [6.45, 7) is 31.1. The minimum Gasteiger partial charge on any atom is -0.413 e. The molecule has 10 rings (SSSR count). The van der Waals surface area contributed by atoms with Gasteiger partial charge in [0, 0.05) is 68.5 Å². The molecule has 0 spiro atoms. The van der Waals surface area contributed by atoms with E-state index in [1.807, 2.05) is 42.1 Å². The van der Waals surface area contributed by atoms with Crippen LogP contribution in [-0.4, -0.2) is 124 Å². The molecular weight excluding hydrogens is 989 g/mol. The van der Waals surface area contributed by atoms with Gasteiger partial charge in [0.25, 0.3) is 0 Å². The number of hydrogen-bond acceptors (Lipinski definition) is 10. The summed E-state index contributed by atoms with van der Waals surface area (Å²) in [7, 11) is -1.28. The van der Waals surface area contributed by atoms with Gasteiger partial charge in [0.1, 0.15) is 0 Å². The summed E-state index contributed by atoms with van der Waals surface area (Å²) in [4.78, 5) is 4.75. The lowest BCUT2D eigenvalue weighted by molar-refractivity contribution is 0.142. The van der Waals surface area contributed by atoms with Crippen LogP contribution in [0.1, 0.15) is 115 Å². The maximum Gasteiger partial charge on any atom is 0.192 e. The third-order valence-corrected chi connectivity index (χ3v) is 25.5. The second-order valence-corrected chi connectivity index (χ2v) is 34.2. The summed E-state index contributed by atoms with van der Waals surface area (Å²) in [5.74, 6) is 0. The van der Waals surface area contributed by atoms with Crippen molar-refractivity contribution in [2.45, 2.75) is 154 Å². The van der Waals surface area contributed by atoms with Gasteiger partial charge in [-0.05, 0) is 160 Å². The zero-order valence-corrected chi connectivity index (χ0v) is 50.6. The van der Waals surface area contributed by atoms with Crippen molar-refractivity contribution >= 4 is 74.1 Å². The second-order valence-electron chi connectivity index (χ2n) is 24.7. The van der Waals surface area contributed by atoms with E-state index in [0.29, 0.717) is 23.8 Å². The Hall–Kier alpha value is -4.91. The molecule has 14 heteroatoms. The van der Waals surface area contributed by atoms with Crippen LogP contribution in [0, 0.1) is 0 Å². The van der Waals surface area contributed by atoms with Gasteiger partial charge in [-0.25, -0.2) is 0 Å². The number of fused-ring (bicyclic) bond motifs is 2. The first-order valence-electron chi connectivity index (χ1n) is 28.7. The van der Waals surface area contributed by atoms with E-state index in [-0.39, 0.29) is 17.2 Å². The Balaban J connectivity index is 0.000000167. The number of nitrogens with zero attached hydrogens (tertiary/aromatic N) is 5. The van der Waals surface area contributed by atoms with Gasteiger partial charge in [-0.15, -0.1) is 0 Å². The van der Waals surface area contributed by atoms with Crippen molar-refractivity contribution in [3.8, 4) is 0 Å². The first kappa shape index (κ1) is 59.7. The van der Waals surface area contributed by atoms with E-state index in [1.54, 1.807) is 0 Å². The van der Waals surface area contributed by atoms with Crippen molar-refractivity contribution in [3.63, 3.8) is 0 Å². The molecule has 0 bridgehead atoms. The Bertz CT molecular complexity index is 2790. The smallest absolute Gasteiger partial charge is 0.192 e. The molecule has 4 unspecified atom stereocenters. The number of hydrogen-bond donors (Lipinski definition) is 5. The molecule has 4 saturated heterocycles. The minimum atomic E-state index is -1.76. The van der Waals surface area contributed by atoms with Gasteiger partial charge in [0.15, 0.2) is 16.6 Å². The van der Waals surface area contributed by atoms with E-state index in [0.717, 1.165) is 117 Å². The third-order valence-electron chi connectivity index (χ3n) is 16.5. The summed E-state index contributed by atoms with van der Waals surface area (Å²) in [5, 5.41) is 40.4. The fourth-order valence-corrected chi connectivity index (χ4v) is 12.6. The Morgan fingerprint density at radius 3 is 1.64 bits per heavy atom. The molecule has 5 N–H and O–H groups in total. The van der Waals surface area contributed by atoms with Crippen molar-refractivity contribution in [1.29, 1.82) is 0 Å². The monoisotopic (exact) mass is 1080 g/mol. The number of aromatic nitrogens is 4. The van der Waals surface area contributed by atoms with E-state index in [4.69, 9.17) is 19.1 Å². The van der Waals surface area contributed by atoms with Crippen LogP contribution in [0.25, 0.3) is 46.1 Å². The molecule has 4 fully saturated rings. The fraction of sp³-hybridized carbons (Fsp3) is 0.524. The molecule has 2 aromatic heterocycles. The van der Waals surface area contributed by atoms with E-state index in [1.165, 1.54) is 35.9 Å². The Kier molecular flexibility index (Phi) is 21.2. The van der Waals surface area contributed by atoms with Gasteiger partial charge in [-0.2, -0.15) is 10.2 Å². The standard InChI is InChI=1S/C27H37N3OSi.C20H21N3O.C11H25NOSi.C5H11NO/c1-27(2,3)32(5,6)31-23-13-10-18-30(20-23)22-15-17-26-24(19-22)25(28-29(26)4)16-14-21-11-8-7-9-12-21;24-17-7-4-12-23(14-17)16-9-11-20-18(13-16)19(21-22-20)10-8-15-5-2-1-3-6-15;1-11(2,3)14(4,5)13-10-7-6-8-12-9-10;7-5-2-1-3-6-4-5/h7-9,11-12,14-17,19,23H,10,13,18,20H2,1-6H3;1-3,5-6,8-11,13,17,24H,4,7,12,14H2,(H,21,22);10,12H,6-9H2,1-5H3;5-7H,1-4H2/b16-14+;10-8+;;. The van der Waals surface area contributed by atoms with Crippen LogP contribution >= 0.6 is 0 Å². The maximum absolute atomic E-state index is 9.91. The molecule has 0 radical (unpaired) electrons. The number of β-amino-alcohol motifs (C(OH)–C–C–N with tert-alkyl or cyclic N) is 2. The minimum absolute atomic E-state index is 0.0752. The van der Waals surface area contributed by atoms with Crippen molar-refractivity contribution in [2.24, 2.45) is 7.05 Å². The summed E-state index contributed by atoms with van der Waals surface area (Å²) in [6, 6.07) is 33.7. The number of benzene rings is 4. The highest BCUT2D eigenvalue weighted by Crippen LogP contribution is 2.40. The molecular formula is C63H94N8O4Si2. The Morgan fingerprint density at radius 1 is 0.571 bits per heavy atom. The molecule has 4 atom stereocenters. The van der Waals surface area contributed by atoms with Crippen molar-refractivity contribution in [1.82, 2.24) is 30.6 Å². The number of rotatable bonds is 10. The Morgan fingerprint density at radius 2 is 1.09 bits per heavy atom. The molecule has 0 saturated carbocycles. The SMILES string of the molecule is CC(C)(C)[Si](C)(C)OC1CCCNC1.Cn1nc(/C=C/c2ccccc2)c2cc(N3CCCC(O[Si](C)(C)C(C)(C)C)C3)ccc21.OC1CCCN(c2ccc3[nH]nc(/C=C/c4ccccc4)c3c2)C1.OC1CCCNC1. The van der Waals surface area contributed by atoms with Gasteiger partial charge < -0.3 is 39.5 Å². The topological polar surface area (TPSA) is 136 Å². The normalized spacial score (nSPS) is 20.8. The zero-order valence-electron chi connectivity index (χ0n) is 48.6. The van der Waals surface area contributed by atoms with E-state index < -0.39 is 16.6 Å². The number of piperidine rings is 4. The number of aliphatic hydroxyl groups excluding tert-OH is 2. The van der Waals surface area contributed by atoms with Crippen LogP contribution in [0.2, 0.25) is 36.3 Å². The molecule has 418 valence electrons. The largest absolute Gasteiger partial charge is 0.413 e. The molecule has 4 aliphatic rings. The van der Waals surface area contributed by atoms with Crippen LogP contribution in [0.15, 0.2) is 97.1 Å². The van der Waals surface area contributed by atoms with Gasteiger partial charge in [0.2, 0.25) is 0 Å². The van der Waals surface area contributed by atoms with Crippen LogP contribution in [-0.2, 0) is 15.9 Å². The van der Waals surface area contributed by atoms with Gasteiger partial charge in [-0.1, -0.05) is 114 Å². The van der Waals surface area contributed by atoms with E-state index >= 15 is 0 Å². The summed E-state index contributed by atoms with van der Waals surface area (Å²) < 4.78 is 15.1. The summed E-state index contributed by atoms with van der Waals surface area (Å²) in [6.07, 6.45) is 17.7. The van der Waals surface area contributed by atoms with E-state index in [9.17, 15) is 5.11 Å². The van der Waals surface area contributed by atoms with Crippen LogP contribution in [0.5, 0.6) is 0 Å². The lowest BCUT2D eigenvalue weighted by atomic mass is 10.1. The fourth-order valence-electron chi connectivity index (χ4n) is 9.82. The Labute approximate surface area is 464 Å². The molecule has 4 aliphatic heterocycles. The predicted molar refractivity (Wildman–Crippen MR) is 331 cm³/mol. The molecule has 77 heavy (non-hydrogen) atoms.